The summed E-state index contributed by atoms with van der Waals surface area (Å²) in [5.74, 6) is 0.850. The minimum atomic E-state index is 0.227. The number of hydrogen-bond donors (Lipinski definition) is 1. The van der Waals surface area contributed by atoms with Crippen molar-refractivity contribution in [2.45, 2.75) is 0 Å². The Kier molecular flexibility index (Phi) is 1.92. The largest absolute Gasteiger partial charge is 0.508 e. The number of hydrogen-bond acceptors (Lipinski definition) is 3. The number of phenolic OH excluding ortho intramolecular Hbond substituents is 1. The molecule has 3 nitrogen and oxygen atoms in total. The summed E-state index contributed by atoms with van der Waals surface area (Å²) in [4.78, 5) is 8.14. The predicted molar refractivity (Wildman–Crippen MR) is 49.1 cm³/mol. The fourth-order valence-electron chi connectivity index (χ4n) is 1.09. The minimum absolute atomic E-state index is 0.227. The first-order valence-corrected chi connectivity index (χ1v) is 3.93. The first-order chi connectivity index (χ1) is 6.36. The zero-order valence-electron chi connectivity index (χ0n) is 6.88. The highest BCUT2D eigenvalue weighted by Crippen LogP contribution is 2.18. The van der Waals surface area contributed by atoms with E-state index >= 15 is 0 Å². The van der Waals surface area contributed by atoms with Crippen molar-refractivity contribution in [2.24, 2.45) is 0 Å². The molecule has 0 saturated heterocycles. The van der Waals surface area contributed by atoms with E-state index in [4.69, 9.17) is 0 Å². The van der Waals surface area contributed by atoms with Crippen molar-refractivity contribution in [1.82, 2.24) is 9.97 Å². The number of phenols is 1. The molecule has 1 aromatic heterocycles. The summed E-state index contributed by atoms with van der Waals surface area (Å²) < 4.78 is 0. The highest BCUT2D eigenvalue weighted by atomic mass is 16.3. The maximum atomic E-state index is 9.22. The van der Waals surface area contributed by atoms with Crippen LogP contribution >= 0.6 is 0 Å². The summed E-state index contributed by atoms with van der Waals surface area (Å²) in [5, 5.41) is 9.22. The standard InChI is InChI=1S/C10H8N2O/c13-9-4-1-3-8(7-9)10-11-5-2-6-12-10/h1-7,13H. The van der Waals surface area contributed by atoms with E-state index in [2.05, 4.69) is 9.97 Å². The number of rotatable bonds is 1. The Bertz CT molecular complexity index is 401. The average Bonchev–Trinajstić information content (AvgIpc) is 2.19. The van der Waals surface area contributed by atoms with Gasteiger partial charge in [-0.1, -0.05) is 12.1 Å². The van der Waals surface area contributed by atoms with Crippen molar-refractivity contribution in [3.05, 3.63) is 42.7 Å². The Morgan fingerprint density at radius 3 is 2.46 bits per heavy atom. The van der Waals surface area contributed by atoms with Gasteiger partial charge in [0, 0.05) is 18.0 Å². The molecule has 0 amide bonds. The monoisotopic (exact) mass is 172 g/mol. The molecule has 0 fully saturated rings. The van der Waals surface area contributed by atoms with Crippen LogP contribution in [-0.4, -0.2) is 15.1 Å². The Labute approximate surface area is 75.7 Å². The van der Waals surface area contributed by atoms with Gasteiger partial charge in [-0.3, -0.25) is 0 Å². The molecule has 0 atom stereocenters. The first kappa shape index (κ1) is 7.73. The van der Waals surface area contributed by atoms with E-state index in [1.54, 1.807) is 36.7 Å². The van der Waals surface area contributed by atoms with Gasteiger partial charge in [0.15, 0.2) is 5.82 Å². The van der Waals surface area contributed by atoms with E-state index in [1.807, 2.05) is 6.07 Å². The second kappa shape index (κ2) is 3.23. The van der Waals surface area contributed by atoms with Gasteiger partial charge in [0.1, 0.15) is 5.75 Å². The van der Waals surface area contributed by atoms with E-state index in [0.717, 1.165) is 5.56 Å². The number of benzene rings is 1. The molecule has 2 aromatic rings. The highest BCUT2D eigenvalue weighted by molar-refractivity contribution is 5.56. The third-order valence-electron chi connectivity index (χ3n) is 1.67. The van der Waals surface area contributed by atoms with Crippen LogP contribution in [-0.2, 0) is 0 Å². The summed E-state index contributed by atoms with van der Waals surface area (Å²) in [5.41, 5.74) is 0.820. The lowest BCUT2D eigenvalue weighted by Crippen LogP contribution is -1.85. The fraction of sp³-hybridized carbons (Fsp3) is 0. The zero-order valence-corrected chi connectivity index (χ0v) is 6.88. The Morgan fingerprint density at radius 2 is 1.77 bits per heavy atom. The van der Waals surface area contributed by atoms with Crippen molar-refractivity contribution in [3.63, 3.8) is 0 Å². The van der Waals surface area contributed by atoms with E-state index in [1.165, 1.54) is 0 Å². The van der Waals surface area contributed by atoms with Gasteiger partial charge in [0.05, 0.1) is 0 Å². The second-order valence-electron chi connectivity index (χ2n) is 2.62. The van der Waals surface area contributed by atoms with E-state index in [9.17, 15) is 5.11 Å². The fourth-order valence-corrected chi connectivity index (χ4v) is 1.09. The van der Waals surface area contributed by atoms with Gasteiger partial charge in [-0.15, -0.1) is 0 Å². The topological polar surface area (TPSA) is 46.0 Å². The first-order valence-electron chi connectivity index (χ1n) is 3.93. The maximum absolute atomic E-state index is 9.22. The molecule has 0 aliphatic carbocycles. The van der Waals surface area contributed by atoms with Crippen LogP contribution in [0.4, 0.5) is 0 Å². The molecule has 0 saturated carbocycles. The molecule has 1 aromatic carbocycles. The molecule has 0 unspecified atom stereocenters. The molecule has 0 spiro atoms. The van der Waals surface area contributed by atoms with Gasteiger partial charge in [-0.05, 0) is 18.2 Å². The quantitative estimate of drug-likeness (QED) is 0.714. The van der Waals surface area contributed by atoms with Crippen LogP contribution < -0.4 is 0 Å². The molecule has 0 radical (unpaired) electrons. The van der Waals surface area contributed by atoms with Crippen LogP contribution in [0.2, 0.25) is 0 Å². The van der Waals surface area contributed by atoms with Crippen LogP contribution in [0.5, 0.6) is 5.75 Å². The van der Waals surface area contributed by atoms with Crippen LogP contribution in [0, 0.1) is 0 Å². The third kappa shape index (κ3) is 1.64. The van der Waals surface area contributed by atoms with Gasteiger partial charge in [0.25, 0.3) is 0 Å². The van der Waals surface area contributed by atoms with Gasteiger partial charge in [-0.25, -0.2) is 9.97 Å². The van der Waals surface area contributed by atoms with Crippen LogP contribution in [0.25, 0.3) is 11.4 Å². The summed E-state index contributed by atoms with van der Waals surface area (Å²) in [6.07, 6.45) is 3.35. The Morgan fingerprint density at radius 1 is 1.00 bits per heavy atom. The maximum Gasteiger partial charge on any atom is 0.159 e. The molecular formula is C10H8N2O. The molecule has 1 N–H and O–H groups in total. The van der Waals surface area contributed by atoms with Gasteiger partial charge < -0.3 is 5.11 Å². The molecule has 2 rings (SSSR count). The zero-order chi connectivity index (χ0) is 9.10. The number of aromatic hydroxyl groups is 1. The van der Waals surface area contributed by atoms with E-state index < -0.39 is 0 Å². The van der Waals surface area contributed by atoms with Crippen molar-refractivity contribution in [1.29, 1.82) is 0 Å². The summed E-state index contributed by atoms with van der Waals surface area (Å²) in [6.45, 7) is 0. The number of nitrogens with zero attached hydrogens (tertiary/aromatic N) is 2. The van der Waals surface area contributed by atoms with Crippen molar-refractivity contribution < 1.29 is 5.11 Å². The van der Waals surface area contributed by atoms with E-state index in [-0.39, 0.29) is 5.75 Å². The molecule has 13 heavy (non-hydrogen) atoms. The lowest BCUT2D eigenvalue weighted by atomic mass is 10.2. The van der Waals surface area contributed by atoms with Crippen molar-refractivity contribution in [2.75, 3.05) is 0 Å². The summed E-state index contributed by atoms with van der Waals surface area (Å²) in [7, 11) is 0. The minimum Gasteiger partial charge on any atom is -0.508 e. The smallest absolute Gasteiger partial charge is 0.159 e. The highest BCUT2D eigenvalue weighted by Gasteiger charge is 1.99. The molecule has 0 aliphatic heterocycles. The molecule has 0 aliphatic rings. The van der Waals surface area contributed by atoms with Gasteiger partial charge in [0.2, 0.25) is 0 Å². The number of aromatic nitrogens is 2. The molecule has 3 heteroatoms. The predicted octanol–water partition coefficient (Wildman–Crippen LogP) is 1.85. The van der Waals surface area contributed by atoms with Crippen LogP contribution in [0.3, 0.4) is 0 Å². The summed E-state index contributed by atoms with van der Waals surface area (Å²) >= 11 is 0. The van der Waals surface area contributed by atoms with Crippen LogP contribution in [0.15, 0.2) is 42.7 Å². The lowest BCUT2D eigenvalue weighted by molar-refractivity contribution is 0.475. The Balaban J connectivity index is 2.48. The van der Waals surface area contributed by atoms with E-state index in [0.29, 0.717) is 5.82 Å². The Hall–Kier alpha value is -1.90. The lowest BCUT2D eigenvalue weighted by Gasteiger charge is -1.98. The average molecular weight is 172 g/mol. The molecular weight excluding hydrogens is 164 g/mol. The molecule has 64 valence electrons. The van der Waals surface area contributed by atoms with Gasteiger partial charge in [-0.2, -0.15) is 0 Å². The summed E-state index contributed by atoms with van der Waals surface area (Å²) in [6, 6.07) is 8.63. The van der Waals surface area contributed by atoms with Gasteiger partial charge >= 0.3 is 0 Å². The SMILES string of the molecule is Oc1cccc(-c2ncccn2)c1. The molecule has 1 heterocycles. The second-order valence-corrected chi connectivity index (χ2v) is 2.62. The molecule has 0 bridgehead atoms. The van der Waals surface area contributed by atoms with Crippen molar-refractivity contribution >= 4 is 0 Å². The van der Waals surface area contributed by atoms with Crippen LogP contribution in [0.1, 0.15) is 0 Å². The van der Waals surface area contributed by atoms with Crippen molar-refractivity contribution in [3.8, 4) is 17.1 Å². The normalized spacial score (nSPS) is 9.85. The third-order valence-corrected chi connectivity index (χ3v) is 1.67.